The van der Waals surface area contributed by atoms with Crippen LogP contribution in [0.5, 0.6) is 0 Å². The first kappa shape index (κ1) is 8.91. The summed E-state index contributed by atoms with van der Waals surface area (Å²) in [4.78, 5) is 13.5. The van der Waals surface area contributed by atoms with Crippen molar-refractivity contribution in [3.05, 3.63) is 21.4 Å². The normalized spacial score (nSPS) is 16.4. The van der Waals surface area contributed by atoms with Gasteiger partial charge < -0.3 is 5.32 Å². The highest BCUT2D eigenvalue weighted by atomic mass is 32.1. The average molecular weight is 195 g/mol. The fourth-order valence-electron chi connectivity index (χ4n) is 1.61. The summed E-state index contributed by atoms with van der Waals surface area (Å²) >= 11 is 1.67. The van der Waals surface area contributed by atoms with Crippen LogP contribution in [-0.2, 0) is 12.8 Å². The highest BCUT2D eigenvalue weighted by Crippen LogP contribution is 2.24. The second kappa shape index (κ2) is 3.60. The van der Waals surface area contributed by atoms with Gasteiger partial charge in [-0.25, -0.2) is 0 Å². The molecule has 0 radical (unpaired) electrons. The molecule has 0 spiro atoms. The Balaban J connectivity index is 2.32. The van der Waals surface area contributed by atoms with E-state index >= 15 is 0 Å². The third-order valence-corrected chi connectivity index (χ3v) is 3.68. The Bertz CT molecular complexity index is 306. The summed E-state index contributed by atoms with van der Waals surface area (Å²) in [5.74, 6) is 0.200. The number of ketones is 1. The Morgan fingerprint density at radius 3 is 3.00 bits per heavy atom. The highest BCUT2D eigenvalue weighted by molar-refractivity contribution is 7.14. The summed E-state index contributed by atoms with van der Waals surface area (Å²) in [5, 5.41) is 3.35. The molecule has 0 unspecified atom stereocenters. The maximum absolute atomic E-state index is 11.1. The second-order valence-electron chi connectivity index (χ2n) is 3.37. The lowest BCUT2D eigenvalue weighted by atomic mass is 10.1. The van der Waals surface area contributed by atoms with Crippen molar-refractivity contribution in [2.45, 2.75) is 19.8 Å². The zero-order valence-electron chi connectivity index (χ0n) is 7.72. The summed E-state index contributed by atoms with van der Waals surface area (Å²) < 4.78 is 0. The van der Waals surface area contributed by atoms with E-state index in [1.165, 1.54) is 10.4 Å². The summed E-state index contributed by atoms with van der Waals surface area (Å²) in [5.41, 5.74) is 1.38. The number of carbonyl (C=O) groups excluding carboxylic acids is 1. The van der Waals surface area contributed by atoms with E-state index in [9.17, 15) is 4.79 Å². The third-order valence-electron chi connectivity index (χ3n) is 2.34. The molecule has 3 heteroatoms. The first-order chi connectivity index (χ1) is 6.27. The van der Waals surface area contributed by atoms with Crippen molar-refractivity contribution < 1.29 is 4.79 Å². The maximum Gasteiger partial charge on any atom is 0.169 e. The quantitative estimate of drug-likeness (QED) is 0.690. The molecule has 0 saturated heterocycles. The van der Waals surface area contributed by atoms with Gasteiger partial charge in [0.25, 0.3) is 0 Å². The van der Waals surface area contributed by atoms with Crippen molar-refractivity contribution in [3.8, 4) is 0 Å². The van der Waals surface area contributed by atoms with E-state index < -0.39 is 0 Å². The van der Waals surface area contributed by atoms with Crippen LogP contribution in [0.15, 0.2) is 6.07 Å². The molecule has 70 valence electrons. The fraction of sp³-hybridized carbons (Fsp3) is 0.500. The molecule has 1 aliphatic rings. The topological polar surface area (TPSA) is 29.1 Å². The minimum absolute atomic E-state index is 0.200. The first-order valence-corrected chi connectivity index (χ1v) is 5.42. The summed E-state index contributed by atoms with van der Waals surface area (Å²) in [6, 6.07) is 2.06. The van der Waals surface area contributed by atoms with Gasteiger partial charge in [0.05, 0.1) is 4.88 Å². The zero-order valence-corrected chi connectivity index (χ0v) is 8.54. The Morgan fingerprint density at radius 1 is 1.46 bits per heavy atom. The van der Waals surface area contributed by atoms with Crippen LogP contribution < -0.4 is 5.32 Å². The van der Waals surface area contributed by atoms with Crippen molar-refractivity contribution in [3.63, 3.8) is 0 Å². The number of carbonyl (C=O) groups is 1. The molecule has 2 rings (SSSR count). The van der Waals surface area contributed by atoms with Crippen LogP contribution >= 0.6 is 11.3 Å². The molecule has 0 atom stereocenters. The van der Waals surface area contributed by atoms with Gasteiger partial charge in [-0.1, -0.05) is 0 Å². The smallest absolute Gasteiger partial charge is 0.169 e. The van der Waals surface area contributed by atoms with Crippen LogP contribution in [0.4, 0.5) is 0 Å². The molecular weight excluding hydrogens is 182 g/mol. The van der Waals surface area contributed by atoms with Gasteiger partial charge in [-0.2, -0.15) is 0 Å². The van der Waals surface area contributed by atoms with Gasteiger partial charge >= 0.3 is 0 Å². The molecule has 1 N–H and O–H groups in total. The van der Waals surface area contributed by atoms with E-state index in [0.29, 0.717) is 0 Å². The molecule has 0 aliphatic carbocycles. The Morgan fingerprint density at radius 2 is 2.23 bits per heavy atom. The lowest BCUT2D eigenvalue weighted by Gasteiger charge is -1.94. The number of hydrogen-bond donors (Lipinski definition) is 1. The maximum atomic E-state index is 11.1. The van der Waals surface area contributed by atoms with E-state index in [1.807, 2.05) is 0 Å². The van der Waals surface area contributed by atoms with Gasteiger partial charge in [-0.05, 0) is 44.5 Å². The standard InChI is InChI=1S/C10H13NOS/c1-7(12)10-6-8-2-4-11-5-3-9(8)13-10/h6,11H,2-5H2,1H3. The molecule has 0 fully saturated rings. The second-order valence-corrected chi connectivity index (χ2v) is 4.50. The molecule has 0 bridgehead atoms. The molecule has 13 heavy (non-hydrogen) atoms. The average Bonchev–Trinajstić information content (AvgIpc) is 2.38. The summed E-state index contributed by atoms with van der Waals surface area (Å²) in [7, 11) is 0. The largest absolute Gasteiger partial charge is 0.316 e. The highest BCUT2D eigenvalue weighted by Gasteiger charge is 2.13. The van der Waals surface area contributed by atoms with Crippen molar-refractivity contribution in [2.75, 3.05) is 13.1 Å². The minimum Gasteiger partial charge on any atom is -0.316 e. The Hall–Kier alpha value is -0.670. The molecular formula is C10H13NOS. The van der Waals surface area contributed by atoms with Crippen LogP contribution in [0.1, 0.15) is 27.0 Å². The molecule has 1 aromatic rings. The van der Waals surface area contributed by atoms with Crippen molar-refractivity contribution in [1.29, 1.82) is 0 Å². The Labute approximate surface area is 82.0 Å². The number of hydrogen-bond acceptors (Lipinski definition) is 3. The van der Waals surface area contributed by atoms with Gasteiger partial charge in [0.1, 0.15) is 0 Å². The zero-order chi connectivity index (χ0) is 9.26. The fourth-order valence-corrected chi connectivity index (χ4v) is 2.72. The lowest BCUT2D eigenvalue weighted by molar-refractivity contribution is 0.102. The molecule has 0 saturated carbocycles. The predicted molar refractivity (Wildman–Crippen MR) is 54.6 cm³/mol. The Kier molecular flexibility index (Phi) is 2.47. The van der Waals surface area contributed by atoms with Gasteiger partial charge in [-0.3, -0.25) is 4.79 Å². The van der Waals surface area contributed by atoms with E-state index in [4.69, 9.17) is 0 Å². The number of thiophene rings is 1. The van der Waals surface area contributed by atoms with Crippen LogP contribution in [0, 0.1) is 0 Å². The van der Waals surface area contributed by atoms with Gasteiger partial charge in [0.15, 0.2) is 5.78 Å². The van der Waals surface area contributed by atoms with Crippen molar-refractivity contribution in [1.82, 2.24) is 5.32 Å². The van der Waals surface area contributed by atoms with Crippen LogP contribution in [0.2, 0.25) is 0 Å². The van der Waals surface area contributed by atoms with Crippen LogP contribution in [0.25, 0.3) is 0 Å². The van der Waals surface area contributed by atoms with E-state index in [0.717, 1.165) is 30.8 Å². The van der Waals surface area contributed by atoms with E-state index in [1.54, 1.807) is 18.3 Å². The third kappa shape index (κ3) is 1.81. The summed E-state index contributed by atoms with van der Waals surface area (Å²) in [6.45, 7) is 3.73. The van der Waals surface area contributed by atoms with Crippen LogP contribution in [0.3, 0.4) is 0 Å². The van der Waals surface area contributed by atoms with Gasteiger partial charge in [0.2, 0.25) is 0 Å². The predicted octanol–water partition coefficient (Wildman–Crippen LogP) is 1.64. The molecule has 2 heterocycles. The van der Waals surface area contributed by atoms with Crippen molar-refractivity contribution in [2.24, 2.45) is 0 Å². The monoisotopic (exact) mass is 195 g/mol. The first-order valence-electron chi connectivity index (χ1n) is 4.60. The molecule has 1 aromatic heterocycles. The number of rotatable bonds is 1. The number of fused-ring (bicyclic) bond motifs is 1. The molecule has 1 aliphatic heterocycles. The lowest BCUT2D eigenvalue weighted by Crippen LogP contribution is -2.16. The van der Waals surface area contributed by atoms with Crippen LogP contribution in [-0.4, -0.2) is 18.9 Å². The summed E-state index contributed by atoms with van der Waals surface area (Å²) in [6.07, 6.45) is 2.15. The van der Waals surface area contributed by atoms with Gasteiger partial charge in [-0.15, -0.1) is 11.3 Å². The van der Waals surface area contributed by atoms with Crippen molar-refractivity contribution >= 4 is 17.1 Å². The SMILES string of the molecule is CC(=O)c1cc2c(s1)CCNCC2. The molecule has 2 nitrogen and oxygen atoms in total. The molecule has 0 amide bonds. The van der Waals surface area contributed by atoms with E-state index in [2.05, 4.69) is 11.4 Å². The minimum atomic E-state index is 0.200. The number of Topliss-reactive ketones (excluding diaryl/α,β-unsaturated/α-hetero) is 1. The molecule has 0 aromatic carbocycles. The number of nitrogens with one attached hydrogen (secondary N) is 1. The van der Waals surface area contributed by atoms with Gasteiger partial charge in [0, 0.05) is 4.88 Å². The van der Waals surface area contributed by atoms with E-state index in [-0.39, 0.29) is 5.78 Å².